The van der Waals surface area contributed by atoms with Crippen LogP contribution in [-0.4, -0.2) is 17.8 Å². The van der Waals surface area contributed by atoms with Gasteiger partial charge >= 0.3 is 8.25 Å². The first-order valence-corrected chi connectivity index (χ1v) is 9.55. The lowest BCUT2D eigenvalue weighted by atomic mass is 9.60. The van der Waals surface area contributed by atoms with Crippen LogP contribution in [-0.2, 0) is 25.6 Å². The Hall–Kier alpha value is -0.800. The molecule has 1 saturated carbocycles. The van der Waals surface area contributed by atoms with Gasteiger partial charge in [0.15, 0.2) is 0 Å². The van der Waals surface area contributed by atoms with E-state index in [9.17, 15) is 9.67 Å². The van der Waals surface area contributed by atoms with E-state index in [4.69, 9.17) is 9.05 Å². The number of hydrogen-bond acceptors (Lipinski definition) is 4. The van der Waals surface area contributed by atoms with Crippen LogP contribution in [0, 0.1) is 5.41 Å². The maximum Gasteiger partial charge on any atom is 0.697 e. The van der Waals surface area contributed by atoms with Gasteiger partial charge in [-0.1, -0.05) is 57.4 Å². The Morgan fingerprint density at radius 1 is 1.17 bits per heavy atom. The Bertz CT molecular complexity index is 561. The zero-order chi connectivity index (χ0) is 16.5. The average molecular weight is 337 g/mol. The predicted molar refractivity (Wildman–Crippen MR) is 89.3 cm³/mol. The van der Waals surface area contributed by atoms with E-state index in [1.165, 1.54) is 12.0 Å². The van der Waals surface area contributed by atoms with Gasteiger partial charge in [0.2, 0.25) is 0 Å². The van der Waals surface area contributed by atoms with Crippen molar-refractivity contribution < 1.29 is 18.7 Å². The van der Waals surface area contributed by atoms with E-state index in [2.05, 4.69) is 26.0 Å². The summed E-state index contributed by atoms with van der Waals surface area (Å²) in [6.07, 6.45) is 5.54. The van der Waals surface area contributed by atoms with Crippen LogP contribution >= 0.6 is 8.25 Å². The lowest BCUT2D eigenvalue weighted by Crippen LogP contribution is -2.53. The van der Waals surface area contributed by atoms with Crippen LogP contribution < -0.4 is 0 Å². The molecule has 0 bridgehead atoms. The first-order valence-electron chi connectivity index (χ1n) is 8.45. The van der Waals surface area contributed by atoms with E-state index in [0.29, 0.717) is 6.61 Å². The molecular weight excluding hydrogens is 311 g/mol. The van der Waals surface area contributed by atoms with Crippen molar-refractivity contribution >= 4 is 8.25 Å². The quantitative estimate of drug-likeness (QED) is 0.826. The zero-order valence-corrected chi connectivity index (χ0v) is 14.9. The van der Waals surface area contributed by atoms with Gasteiger partial charge in [0.25, 0.3) is 0 Å². The fraction of sp³-hybridized carbons (Fsp3) is 0.667. The van der Waals surface area contributed by atoms with Gasteiger partial charge in [0, 0.05) is 15.4 Å². The topological polar surface area (TPSA) is 55.8 Å². The number of benzene rings is 1. The predicted octanol–water partition coefficient (Wildman–Crippen LogP) is 4.48. The highest BCUT2D eigenvalue weighted by Gasteiger charge is 2.57. The molecule has 1 aromatic carbocycles. The minimum atomic E-state index is -2.04. The van der Waals surface area contributed by atoms with Crippen molar-refractivity contribution in [1.29, 1.82) is 0 Å². The number of aliphatic hydroxyl groups excluding tert-OH is 1. The SMILES string of the molecule is CC1(C)CO[P+](=O)OC1C1(c2ccc(CO)cc2)CCCCC1. The summed E-state index contributed by atoms with van der Waals surface area (Å²) < 4.78 is 23.1. The molecule has 1 heterocycles. The maximum absolute atomic E-state index is 11.9. The Balaban J connectivity index is 2.02. The van der Waals surface area contributed by atoms with Crippen molar-refractivity contribution in [3.63, 3.8) is 0 Å². The summed E-state index contributed by atoms with van der Waals surface area (Å²) >= 11 is 0. The highest BCUT2D eigenvalue weighted by atomic mass is 31.1. The molecule has 23 heavy (non-hydrogen) atoms. The molecule has 126 valence electrons. The standard InChI is InChI=1S/C18H26O4P/c1-17(2)13-21-23(20)22-16(17)18(10-4-3-5-11-18)15-8-6-14(12-19)7-9-15/h6-9,16,19H,3-5,10-13H2,1-2H3/q+1. The molecule has 1 aliphatic carbocycles. The molecule has 1 saturated heterocycles. The molecule has 3 rings (SSSR count). The second kappa shape index (κ2) is 6.60. The van der Waals surface area contributed by atoms with Crippen molar-refractivity contribution in [3.05, 3.63) is 35.4 Å². The number of aliphatic hydroxyl groups is 1. The van der Waals surface area contributed by atoms with Crippen LogP contribution in [0.5, 0.6) is 0 Å². The van der Waals surface area contributed by atoms with E-state index in [1.807, 2.05) is 12.1 Å². The number of rotatable bonds is 3. The normalized spacial score (nSPS) is 28.5. The molecule has 0 radical (unpaired) electrons. The highest BCUT2D eigenvalue weighted by molar-refractivity contribution is 7.33. The molecule has 5 heteroatoms. The van der Waals surface area contributed by atoms with Crippen molar-refractivity contribution in [2.45, 2.75) is 64.1 Å². The first kappa shape index (κ1) is 17.0. The Kier molecular flexibility index (Phi) is 4.89. The van der Waals surface area contributed by atoms with Gasteiger partial charge in [-0.15, -0.1) is 9.05 Å². The van der Waals surface area contributed by atoms with Crippen molar-refractivity contribution in [2.24, 2.45) is 5.41 Å². The Morgan fingerprint density at radius 3 is 2.43 bits per heavy atom. The molecule has 0 spiro atoms. The molecular formula is C18H26O4P+. The van der Waals surface area contributed by atoms with Crippen molar-refractivity contribution in [1.82, 2.24) is 0 Å². The van der Waals surface area contributed by atoms with Crippen molar-refractivity contribution in [3.8, 4) is 0 Å². The van der Waals surface area contributed by atoms with Crippen LogP contribution in [0.3, 0.4) is 0 Å². The molecule has 1 aromatic rings. The molecule has 2 atom stereocenters. The third-order valence-corrected chi connectivity index (χ3v) is 6.13. The summed E-state index contributed by atoms with van der Waals surface area (Å²) in [6, 6.07) is 8.19. The Labute approximate surface area is 139 Å². The van der Waals surface area contributed by atoms with Gasteiger partial charge in [0.05, 0.1) is 6.61 Å². The molecule has 4 nitrogen and oxygen atoms in total. The fourth-order valence-electron chi connectivity index (χ4n) is 4.23. The monoisotopic (exact) mass is 337 g/mol. The van der Waals surface area contributed by atoms with E-state index >= 15 is 0 Å². The van der Waals surface area contributed by atoms with Crippen LogP contribution in [0.1, 0.15) is 57.1 Å². The largest absolute Gasteiger partial charge is 0.697 e. The summed E-state index contributed by atoms with van der Waals surface area (Å²) in [4.78, 5) is 0. The zero-order valence-electron chi connectivity index (χ0n) is 14.0. The van der Waals surface area contributed by atoms with E-state index in [-0.39, 0.29) is 23.5 Å². The summed E-state index contributed by atoms with van der Waals surface area (Å²) in [5.41, 5.74) is 1.84. The van der Waals surface area contributed by atoms with Gasteiger partial charge in [-0.25, -0.2) is 0 Å². The molecule has 0 amide bonds. The highest BCUT2D eigenvalue weighted by Crippen LogP contribution is 2.54. The summed E-state index contributed by atoms with van der Waals surface area (Å²) in [5, 5.41) is 9.29. The van der Waals surface area contributed by atoms with Gasteiger partial charge in [0.1, 0.15) is 12.7 Å². The molecule has 1 N–H and O–H groups in total. The van der Waals surface area contributed by atoms with Crippen LogP contribution in [0.25, 0.3) is 0 Å². The van der Waals surface area contributed by atoms with Gasteiger partial charge in [-0.3, -0.25) is 0 Å². The molecule has 1 aliphatic heterocycles. The third kappa shape index (κ3) is 3.23. The first-order chi connectivity index (χ1) is 11.0. The van der Waals surface area contributed by atoms with E-state index < -0.39 is 8.25 Å². The van der Waals surface area contributed by atoms with Gasteiger partial charge in [-0.05, 0) is 24.0 Å². The van der Waals surface area contributed by atoms with Crippen molar-refractivity contribution in [2.75, 3.05) is 6.61 Å². The maximum atomic E-state index is 11.9. The van der Waals surface area contributed by atoms with Gasteiger partial charge in [-0.2, -0.15) is 0 Å². The smallest absolute Gasteiger partial charge is 0.392 e. The molecule has 2 fully saturated rings. The van der Waals surface area contributed by atoms with E-state index in [1.54, 1.807) is 0 Å². The minimum Gasteiger partial charge on any atom is -0.392 e. The van der Waals surface area contributed by atoms with Crippen LogP contribution in [0.15, 0.2) is 24.3 Å². The summed E-state index contributed by atoms with van der Waals surface area (Å²) in [5.74, 6) is 0. The Morgan fingerprint density at radius 2 is 1.83 bits per heavy atom. The van der Waals surface area contributed by atoms with Crippen LogP contribution in [0.2, 0.25) is 0 Å². The van der Waals surface area contributed by atoms with E-state index in [0.717, 1.165) is 31.2 Å². The summed E-state index contributed by atoms with van der Waals surface area (Å²) in [7, 11) is -2.04. The lowest BCUT2D eigenvalue weighted by molar-refractivity contribution is -0.0703. The van der Waals surface area contributed by atoms with Gasteiger partial charge < -0.3 is 5.11 Å². The second-order valence-electron chi connectivity index (χ2n) is 7.54. The van der Waals surface area contributed by atoms with Crippen LogP contribution in [0.4, 0.5) is 0 Å². The molecule has 2 unspecified atom stereocenters. The summed E-state index contributed by atoms with van der Waals surface area (Å²) in [6.45, 7) is 4.79. The average Bonchev–Trinajstić information content (AvgIpc) is 2.58. The lowest BCUT2D eigenvalue weighted by Gasteiger charge is -2.48. The second-order valence-corrected chi connectivity index (χ2v) is 8.46. The minimum absolute atomic E-state index is 0.0540. The molecule has 2 aliphatic rings. The third-order valence-electron chi connectivity index (χ3n) is 5.40. The fourth-order valence-corrected chi connectivity index (χ4v) is 5.39. The number of hydrogen-bond donors (Lipinski definition) is 1. The molecule has 0 aromatic heterocycles.